The van der Waals surface area contributed by atoms with Gasteiger partial charge in [0.15, 0.2) is 0 Å². The van der Waals surface area contributed by atoms with Crippen molar-refractivity contribution in [3.63, 3.8) is 0 Å². The quantitative estimate of drug-likeness (QED) is 0.494. The molecule has 0 radical (unpaired) electrons. The highest BCUT2D eigenvalue weighted by atomic mass is 32.2. The Hall–Kier alpha value is -2.72. The molecule has 3 aromatic carbocycles. The van der Waals surface area contributed by atoms with Gasteiger partial charge in [-0.05, 0) is 62.2 Å². The average Bonchev–Trinajstić information content (AvgIpc) is 2.72. The van der Waals surface area contributed by atoms with E-state index in [4.69, 9.17) is 4.74 Å². The van der Waals surface area contributed by atoms with Gasteiger partial charge in [0, 0.05) is 28.2 Å². The van der Waals surface area contributed by atoms with Crippen molar-refractivity contribution in [2.45, 2.75) is 49.5 Å². The van der Waals surface area contributed by atoms with Crippen molar-refractivity contribution in [1.29, 1.82) is 0 Å². The standard InChI is InChI=1S/C26H27NO2S/c1-18-9-14-22-23(16-26(2,3)29-24(22)15-18)27-25(28)20-12-10-19(11-13-20)17-30-21-7-5-4-6-8-21/h4-15,23H,16-17H2,1-3H3,(H,27,28)/t23-/m0/s1. The van der Waals surface area contributed by atoms with Crippen LogP contribution in [0.15, 0.2) is 77.7 Å². The van der Waals surface area contributed by atoms with Gasteiger partial charge in [0.25, 0.3) is 5.91 Å². The molecule has 0 unspecified atom stereocenters. The Morgan fingerprint density at radius 3 is 2.53 bits per heavy atom. The van der Waals surface area contributed by atoms with Gasteiger partial charge in [-0.15, -0.1) is 11.8 Å². The summed E-state index contributed by atoms with van der Waals surface area (Å²) in [7, 11) is 0. The summed E-state index contributed by atoms with van der Waals surface area (Å²) in [5.74, 6) is 1.70. The lowest BCUT2D eigenvalue weighted by Gasteiger charge is -2.38. The number of fused-ring (bicyclic) bond motifs is 1. The molecular weight excluding hydrogens is 390 g/mol. The number of amides is 1. The fraction of sp³-hybridized carbons (Fsp3) is 0.269. The predicted octanol–water partition coefficient (Wildman–Crippen LogP) is 6.32. The third kappa shape index (κ3) is 4.88. The number of hydrogen-bond acceptors (Lipinski definition) is 3. The monoisotopic (exact) mass is 417 g/mol. The third-order valence-corrected chi connectivity index (χ3v) is 6.38. The molecule has 1 atom stereocenters. The molecule has 3 nitrogen and oxygen atoms in total. The van der Waals surface area contributed by atoms with E-state index in [9.17, 15) is 4.79 Å². The zero-order valence-electron chi connectivity index (χ0n) is 17.6. The molecule has 154 valence electrons. The zero-order valence-corrected chi connectivity index (χ0v) is 18.5. The number of thioether (sulfide) groups is 1. The fourth-order valence-corrected chi connectivity index (χ4v) is 4.64. The molecule has 1 aliphatic heterocycles. The SMILES string of the molecule is Cc1ccc2c(c1)OC(C)(C)C[C@@H]2NC(=O)c1ccc(CSc2ccccc2)cc1. The first-order valence-corrected chi connectivity index (χ1v) is 11.3. The van der Waals surface area contributed by atoms with Crippen molar-refractivity contribution < 1.29 is 9.53 Å². The molecule has 4 rings (SSSR count). The van der Waals surface area contributed by atoms with Gasteiger partial charge < -0.3 is 10.1 Å². The lowest BCUT2D eigenvalue weighted by Crippen LogP contribution is -2.41. The second-order valence-electron chi connectivity index (χ2n) is 8.43. The van der Waals surface area contributed by atoms with Crippen LogP contribution in [0.1, 0.15) is 53.4 Å². The van der Waals surface area contributed by atoms with Crippen molar-refractivity contribution >= 4 is 17.7 Å². The van der Waals surface area contributed by atoms with Crippen LogP contribution in [0.2, 0.25) is 0 Å². The topological polar surface area (TPSA) is 38.3 Å². The predicted molar refractivity (Wildman–Crippen MR) is 123 cm³/mol. The van der Waals surface area contributed by atoms with Crippen molar-refractivity contribution in [1.82, 2.24) is 5.32 Å². The molecule has 1 heterocycles. The number of carbonyl (C=O) groups excluding carboxylic acids is 1. The first-order valence-electron chi connectivity index (χ1n) is 10.3. The van der Waals surface area contributed by atoms with Crippen LogP contribution in [0, 0.1) is 6.92 Å². The zero-order chi connectivity index (χ0) is 21.1. The summed E-state index contributed by atoms with van der Waals surface area (Å²) in [5, 5.41) is 3.22. The molecule has 4 heteroatoms. The van der Waals surface area contributed by atoms with Gasteiger partial charge in [-0.2, -0.15) is 0 Å². The van der Waals surface area contributed by atoms with Crippen LogP contribution in [-0.4, -0.2) is 11.5 Å². The lowest BCUT2D eigenvalue weighted by atomic mass is 9.89. The highest BCUT2D eigenvalue weighted by Crippen LogP contribution is 2.40. The van der Waals surface area contributed by atoms with Crippen molar-refractivity contribution in [3.8, 4) is 5.75 Å². The van der Waals surface area contributed by atoms with Gasteiger partial charge in [0.05, 0.1) is 6.04 Å². The van der Waals surface area contributed by atoms with Crippen LogP contribution in [-0.2, 0) is 5.75 Å². The Labute approximate surface area is 182 Å². The van der Waals surface area contributed by atoms with Crippen molar-refractivity contribution in [2.75, 3.05) is 0 Å². The Kier molecular flexibility index (Phi) is 5.87. The van der Waals surface area contributed by atoms with Crippen LogP contribution in [0.3, 0.4) is 0 Å². The van der Waals surface area contributed by atoms with Crippen molar-refractivity contribution in [3.05, 3.63) is 95.1 Å². The number of ether oxygens (including phenoxy) is 1. The van der Waals surface area contributed by atoms with Crippen LogP contribution >= 0.6 is 11.8 Å². The molecule has 1 aliphatic rings. The van der Waals surface area contributed by atoms with E-state index in [2.05, 4.69) is 56.4 Å². The van der Waals surface area contributed by atoms with E-state index in [0.717, 1.165) is 29.1 Å². The normalized spacial score (nSPS) is 17.0. The third-order valence-electron chi connectivity index (χ3n) is 5.30. The molecule has 3 aromatic rings. The Bertz CT molecular complexity index is 1030. The van der Waals surface area contributed by atoms with E-state index in [1.807, 2.05) is 42.5 Å². The Balaban J connectivity index is 1.44. The molecule has 0 saturated carbocycles. The van der Waals surface area contributed by atoms with Gasteiger partial charge in [-0.25, -0.2) is 0 Å². The summed E-state index contributed by atoms with van der Waals surface area (Å²) in [6.45, 7) is 6.18. The molecule has 1 N–H and O–H groups in total. The Morgan fingerprint density at radius 2 is 1.80 bits per heavy atom. The van der Waals surface area contributed by atoms with E-state index < -0.39 is 0 Å². The molecule has 1 amide bonds. The maximum Gasteiger partial charge on any atom is 0.251 e. The maximum absolute atomic E-state index is 12.9. The number of hydrogen-bond donors (Lipinski definition) is 1. The van der Waals surface area contributed by atoms with Crippen LogP contribution in [0.4, 0.5) is 0 Å². The molecule has 0 bridgehead atoms. The van der Waals surface area contributed by atoms with Gasteiger partial charge in [-0.3, -0.25) is 4.79 Å². The average molecular weight is 418 g/mol. The molecule has 0 fully saturated rings. The second kappa shape index (κ2) is 8.57. The van der Waals surface area contributed by atoms with E-state index >= 15 is 0 Å². The molecule has 0 aromatic heterocycles. The van der Waals surface area contributed by atoms with Gasteiger partial charge in [0.2, 0.25) is 0 Å². The number of rotatable bonds is 5. The van der Waals surface area contributed by atoms with E-state index in [1.54, 1.807) is 11.8 Å². The molecule has 0 spiro atoms. The minimum Gasteiger partial charge on any atom is -0.487 e. The minimum atomic E-state index is -0.322. The highest BCUT2D eigenvalue weighted by Gasteiger charge is 2.34. The highest BCUT2D eigenvalue weighted by molar-refractivity contribution is 7.98. The summed E-state index contributed by atoms with van der Waals surface area (Å²) < 4.78 is 6.14. The van der Waals surface area contributed by atoms with Gasteiger partial charge in [0.1, 0.15) is 11.4 Å². The minimum absolute atomic E-state index is 0.0495. The molecule has 30 heavy (non-hydrogen) atoms. The summed E-state index contributed by atoms with van der Waals surface area (Å²) in [6, 6.07) is 24.4. The summed E-state index contributed by atoms with van der Waals surface area (Å²) in [6.07, 6.45) is 0.737. The summed E-state index contributed by atoms with van der Waals surface area (Å²) in [5.41, 5.74) is 3.76. The summed E-state index contributed by atoms with van der Waals surface area (Å²) >= 11 is 1.79. The van der Waals surface area contributed by atoms with E-state index in [0.29, 0.717) is 5.56 Å². The largest absolute Gasteiger partial charge is 0.487 e. The molecule has 0 saturated heterocycles. The van der Waals surface area contributed by atoms with Gasteiger partial charge >= 0.3 is 0 Å². The lowest BCUT2D eigenvalue weighted by molar-refractivity contribution is 0.0619. The maximum atomic E-state index is 12.9. The van der Waals surface area contributed by atoms with Gasteiger partial charge in [-0.1, -0.05) is 42.5 Å². The van der Waals surface area contributed by atoms with Crippen LogP contribution in [0.25, 0.3) is 0 Å². The fourth-order valence-electron chi connectivity index (χ4n) is 3.76. The number of carbonyl (C=O) groups is 1. The molecule has 0 aliphatic carbocycles. The van der Waals surface area contributed by atoms with Crippen molar-refractivity contribution in [2.24, 2.45) is 0 Å². The van der Waals surface area contributed by atoms with E-state index in [1.165, 1.54) is 10.5 Å². The van der Waals surface area contributed by atoms with Crippen LogP contribution < -0.4 is 10.1 Å². The van der Waals surface area contributed by atoms with Crippen LogP contribution in [0.5, 0.6) is 5.75 Å². The number of nitrogens with one attached hydrogen (secondary N) is 1. The second-order valence-corrected chi connectivity index (χ2v) is 9.48. The Morgan fingerprint density at radius 1 is 1.07 bits per heavy atom. The number of benzene rings is 3. The smallest absolute Gasteiger partial charge is 0.251 e. The first-order chi connectivity index (χ1) is 14.4. The molecular formula is C26H27NO2S. The first kappa shape index (κ1) is 20.5. The summed E-state index contributed by atoms with van der Waals surface area (Å²) in [4.78, 5) is 14.2. The van der Waals surface area contributed by atoms with E-state index in [-0.39, 0.29) is 17.6 Å². The number of aryl methyl sites for hydroxylation is 1.